The summed E-state index contributed by atoms with van der Waals surface area (Å²) in [6.07, 6.45) is 0. The molecule has 0 unspecified atom stereocenters. The number of allylic oxidation sites excluding steroid dienone is 1. The Morgan fingerprint density at radius 1 is 1.38 bits per heavy atom. The zero-order valence-electron chi connectivity index (χ0n) is 13.2. The van der Waals surface area contributed by atoms with E-state index in [1.807, 2.05) is 17.5 Å². The molecule has 0 spiro atoms. The standard InChI is InChI=1S/C17H11N5O3S/c18-8-11-13(12-5-2-6-26-12)14-15(20-21-17(14)25-16(11)19)9-3-1-4-10(7-9)22(23)24/h1-7,13H,19H2,(H,20,21)/t13-/m1/s1. The Kier molecular flexibility index (Phi) is 3.67. The third-order valence-electron chi connectivity index (χ3n) is 4.11. The van der Waals surface area contributed by atoms with Gasteiger partial charge in [0, 0.05) is 22.6 Å². The molecule has 1 aromatic carbocycles. The highest BCUT2D eigenvalue weighted by molar-refractivity contribution is 7.10. The summed E-state index contributed by atoms with van der Waals surface area (Å²) in [7, 11) is 0. The van der Waals surface area contributed by atoms with E-state index in [9.17, 15) is 15.4 Å². The van der Waals surface area contributed by atoms with Crippen molar-refractivity contribution in [2.75, 3.05) is 0 Å². The number of aromatic amines is 1. The van der Waals surface area contributed by atoms with Crippen molar-refractivity contribution in [2.24, 2.45) is 5.73 Å². The summed E-state index contributed by atoms with van der Waals surface area (Å²) in [6.45, 7) is 0. The van der Waals surface area contributed by atoms with Crippen LogP contribution in [0.5, 0.6) is 5.88 Å². The molecule has 0 fully saturated rings. The largest absolute Gasteiger partial charge is 0.420 e. The molecule has 3 heterocycles. The van der Waals surface area contributed by atoms with Crippen LogP contribution in [0, 0.1) is 21.4 Å². The lowest BCUT2D eigenvalue weighted by Gasteiger charge is -2.22. The molecule has 128 valence electrons. The fourth-order valence-corrected chi connectivity index (χ4v) is 3.82. The second-order valence-corrected chi connectivity index (χ2v) is 6.54. The molecule has 4 rings (SSSR count). The van der Waals surface area contributed by atoms with Gasteiger partial charge in [-0.3, -0.25) is 15.2 Å². The van der Waals surface area contributed by atoms with E-state index in [1.165, 1.54) is 23.5 Å². The molecule has 0 amide bonds. The fourth-order valence-electron chi connectivity index (χ4n) is 2.98. The van der Waals surface area contributed by atoms with Crippen LogP contribution in [0.25, 0.3) is 11.3 Å². The summed E-state index contributed by atoms with van der Waals surface area (Å²) in [5.74, 6) is -0.173. The summed E-state index contributed by atoms with van der Waals surface area (Å²) >= 11 is 1.48. The molecule has 0 saturated heterocycles. The van der Waals surface area contributed by atoms with Crippen molar-refractivity contribution in [3.63, 3.8) is 0 Å². The highest BCUT2D eigenvalue weighted by Crippen LogP contribution is 2.46. The van der Waals surface area contributed by atoms with Gasteiger partial charge in [-0.15, -0.1) is 16.4 Å². The van der Waals surface area contributed by atoms with E-state index in [0.29, 0.717) is 16.8 Å². The molecule has 0 aliphatic carbocycles. The summed E-state index contributed by atoms with van der Waals surface area (Å²) in [4.78, 5) is 11.5. The quantitative estimate of drug-likeness (QED) is 0.541. The summed E-state index contributed by atoms with van der Waals surface area (Å²) in [5, 5.41) is 29.6. The Morgan fingerprint density at radius 3 is 2.92 bits per heavy atom. The minimum atomic E-state index is -0.460. The van der Waals surface area contributed by atoms with E-state index in [-0.39, 0.29) is 23.0 Å². The molecule has 8 nitrogen and oxygen atoms in total. The first-order chi connectivity index (χ1) is 12.6. The molecule has 0 saturated carbocycles. The maximum absolute atomic E-state index is 11.1. The zero-order valence-corrected chi connectivity index (χ0v) is 14.0. The molecule has 1 atom stereocenters. The van der Waals surface area contributed by atoms with Gasteiger partial charge in [0.1, 0.15) is 11.6 Å². The van der Waals surface area contributed by atoms with Crippen LogP contribution in [-0.4, -0.2) is 15.1 Å². The Bertz CT molecular complexity index is 1080. The van der Waals surface area contributed by atoms with Gasteiger partial charge >= 0.3 is 0 Å². The molecule has 1 aliphatic heterocycles. The number of H-pyrrole nitrogens is 1. The molecule has 26 heavy (non-hydrogen) atoms. The fraction of sp³-hybridized carbons (Fsp3) is 0.0588. The summed E-state index contributed by atoms with van der Waals surface area (Å²) in [5.41, 5.74) is 7.93. The number of nitriles is 1. The van der Waals surface area contributed by atoms with Crippen LogP contribution < -0.4 is 10.5 Å². The topological polar surface area (TPSA) is 131 Å². The average molecular weight is 365 g/mol. The predicted molar refractivity (Wildman–Crippen MR) is 94.3 cm³/mol. The van der Waals surface area contributed by atoms with E-state index in [1.54, 1.807) is 12.1 Å². The van der Waals surface area contributed by atoms with Crippen molar-refractivity contribution < 1.29 is 9.66 Å². The van der Waals surface area contributed by atoms with Crippen LogP contribution in [0.1, 0.15) is 16.4 Å². The van der Waals surface area contributed by atoms with Gasteiger partial charge in [0.15, 0.2) is 0 Å². The lowest BCUT2D eigenvalue weighted by molar-refractivity contribution is -0.384. The third-order valence-corrected chi connectivity index (χ3v) is 5.05. The maximum Gasteiger partial charge on any atom is 0.270 e. The number of rotatable bonds is 3. The molecule has 0 radical (unpaired) electrons. The lowest BCUT2D eigenvalue weighted by atomic mass is 9.87. The number of fused-ring (bicyclic) bond motifs is 1. The summed E-state index contributed by atoms with van der Waals surface area (Å²) in [6, 6.07) is 12.1. The number of nitrogens with one attached hydrogen (secondary N) is 1. The van der Waals surface area contributed by atoms with Crippen molar-refractivity contribution >= 4 is 17.0 Å². The van der Waals surface area contributed by atoms with E-state index < -0.39 is 10.8 Å². The van der Waals surface area contributed by atoms with Gasteiger partial charge in [0.05, 0.1) is 22.1 Å². The first-order valence-electron chi connectivity index (χ1n) is 7.54. The SMILES string of the molecule is N#CC1=C(N)Oc2n[nH]c(-c3cccc([N+](=O)[O-])c3)c2[C@H]1c1cccs1. The highest BCUT2D eigenvalue weighted by Gasteiger charge is 2.36. The van der Waals surface area contributed by atoms with Crippen molar-refractivity contribution in [1.82, 2.24) is 10.2 Å². The van der Waals surface area contributed by atoms with Gasteiger partial charge in [-0.05, 0) is 11.4 Å². The number of ether oxygens (including phenoxy) is 1. The molecule has 9 heteroatoms. The number of nitro groups is 1. The van der Waals surface area contributed by atoms with E-state index >= 15 is 0 Å². The van der Waals surface area contributed by atoms with Crippen LogP contribution in [0.2, 0.25) is 0 Å². The second kappa shape index (κ2) is 6.02. The van der Waals surface area contributed by atoms with Gasteiger partial charge in [0.2, 0.25) is 11.8 Å². The number of benzene rings is 1. The predicted octanol–water partition coefficient (Wildman–Crippen LogP) is 3.26. The van der Waals surface area contributed by atoms with Crippen LogP contribution in [0.15, 0.2) is 53.2 Å². The summed E-state index contributed by atoms with van der Waals surface area (Å²) < 4.78 is 5.51. The number of hydrogen-bond donors (Lipinski definition) is 2. The van der Waals surface area contributed by atoms with Crippen LogP contribution in [0.3, 0.4) is 0 Å². The molecule has 3 N–H and O–H groups in total. The molecular weight excluding hydrogens is 354 g/mol. The minimum absolute atomic E-state index is 0.00972. The first kappa shape index (κ1) is 15.9. The zero-order chi connectivity index (χ0) is 18.3. The third kappa shape index (κ3) is 2.40. The first-order valence-corrected chi connectivity index (χ1v) is 8.42. The number of nitrogens with two attached hydrogens (primary N) is 1. The van der Waals surface area contributed by atoms with Gasteiger partial charge in [-0.1, -0.05) is 18.2 Å². The molecule has 2 aromatic heterocycles. The smallest absolute Gasteiger partial charge is 0.270 e. The van der Waals surface area contributed by atoms with Gasteiger partial charge in [0.25, 0.3) is 5.69 Å². The van der Waals surface area contributed by atoms with Gasteiger partial charge in [-0.2, -0.15) is 5.26 Å². The van der Waals surface area contributed by atoms with E-state index in [4.69, 9.17) is 10.5 Å². The second-order valence-electron chi connectivity index (χ2n) is 5.57. The molecular formula is C17H11N5O3S. The van der Waals surface area contributed by atoms with Gasteiger partial charge in [-0.25, -0.2) is 0 Å². The average Bonchev–Trinajstić information content (AvgIpc) is 3.30. The van der Waals surface area contributed by atoms with Crippen LogP contribution in [0.4, 0.5) is 5.69 Å². The maximum atomic E-state index is 11.1. The normalized spacial score (nSPS) is 15.9. The van der Waals surface area contributed by atoms with Crippen LogP contribution in [-0.2, 0) is 0 Å². The number of hydrogen-bond acceptors (Lipinski definition) is 7. The van der Waals surface area contributed by atoms with Crippen molar-refractivity contribution in [2.45, 2.75) is 5.92 Å². The van der Waals surface area contributed by atoms with Crippen molar-refractivity contribution in [3.8, 4) is 23.2 Å². The lowest BCUT2D eigenvalue weighted by Crippen LogP contribution is -2.20. The van der Waals surface area contributed by atoms with Crippen LogP contribution >= 0.6 is 11.3 Å². The number of nitrogens with zero attached hydrogens (tertiary/aromatic N) is 3. The van der Waals surface area contributed by atoms with Crippen molar-refractivity contribution in [3.05, 3.63) is 73.8 Å². The molecule has 0 bridgehead atoms. The molecule has 1 aliphatic rings. The van der Waals surface area contributed by atoms with E-state index in [2.05, 4.69) is 16.3 Å². The van der Waals surface area contributed by atoms with Crippen molar-refractivity contribution in [1.29, 1.82) is 5.26 Å². The monoisotopic (exact) mass is 365 g/mol. The Hall–Kier alpha value is -3.64. The highest BCUT2D eigenvalue weighted by atomic mass is 32.1. The Balaban J connectivity index is 1.93. The van der Waals surface area contributed by atoms with E-state index in [0.717, 1.165) is 4.88 Å². The Labute approximate surface area is 151 Å². The van der Waals surface area contributed by atoms with Gasteiger partial charge < -0.3 is 10.5 Å². The number of aromatic nitrogens is 2. The molecule has 3 aromatic rings. The number of thiophene rings is 1. The number of nitro benzene ring substituents is 1. The minimum Gasteiger partial charge on any atom is -0.420 e. The Morgan fingerprint density at radius 2 is 2.23 bits per heavy atom. The number of non-ortho nitro benzene ring substituents is 1.